The lowest BCUT2D eigenvalue weighted by Gasteiger charge is -2.05. The molecule has 2 aromatic rings. The van der Waals surface area contributed by atoms with E-state index in [1.165, 1.54) is 12.1 Å². The first-order valence-electron chi connectivity index (χ1n) is 6.06. The molecule has 0 fully saturated rings. The summed E-state index contributed by atoms with van der Waals surface area (Å²) >= 11 is 3.36. The molecule has 2 rings (SSSR count). The summed E-state index contributed by atoms with van der Waals surface area (Å²) in [7, 11) is 0. The van der Waals surface area contributed by atoms with Crippen LogP contribution in [0.25, 0.3) is 0 Å². The molecule has 0 spiro atoms. The molecule has 0 saturated carbocycles. The highest BCUT2D eigenvalue weighted by molar-refractivity contribution is 9.10. The van der Waals surface area contributed by atoms with Crippen LogP contribution in [0.3, 0.4) is 0 Å². The van der Waals surface area contributed by atoms with E-state index in [9.17, 15) is 9.18 Å². The average molecular weight is 321 g/mol. The Balaban J connectivity index is 2.03. The lowest BCUT2D eigenvalue weighted by Crippen LogP contribution is -2.07. The van der Waals surface area contributed by atoms with E-state index >= 15 is 0 Å². The van der Waals surface area contributed by atoms with Crippen molar-refractivity contribution >= 4 is 21.7 Å². The summed E-state index contributed by atoms with van der Waals surface area (Å²) < 4.78 is 14.0. The Hall–Kier alpha value is -1.48. The maximum absolute atomic E-state index is 13.0. The Labute approximate surface area is 120 Å². The standard InChI is InChI=1S/C16H14BrFO/c1-11-8-15(18)7-4-13(11)10-16(19)9-12-2-5-14(17)6-3-12/h2-8H,9-10H2,1H3. The molecule has 98 valence electrons. The van der Waals surface area contributed by atoms with Gasteiger partial charge in [-0.2, -0.15) is 0 Å². The van der Waals surface area contributed by atoms with Gasteiger partial charge in [0.1, 0.15) is 11.6 Å². The molecule has 0 bridgehead atoms. The second-order valence-corrected chi connectivity index (χ2v) is 5.51. The van der Waals surface area contributed by atoms with E-state index < -0.39 is 0 Å². The number of aryl methyl sites for hydroxylation is 1. The van der Waals surface area contributed by atoms with Gasteiger partial charge in [0.2, 0.25) is 0 Å². The predicted octanol–water partition coefficient (Wildman–Crippen LogP) is 4.25. The second kappa shape index (κ2) is 6.11. The van der Waals surface area contributed by atoms with Gasteiger partial charge in [-0.3, -0.25) is 4.79 Å². The van der Waals surface area contributed by atoms with Gasteiger partial charge in [-0.1, -0.05) is 34.1 Å². The van der Waals surface area contributed by atoms with Gasteiger partial charge in [0.15, 0.2) is 0 Å². The highest BCUT2D eigenvalue weighted by Gasteiger charge is 2.08. The first kappa shape index (κ1) is 13.9. The van der Waals surface area contributed by atoms with Gasteiger partial charge in [-0.05, 0) is 47.9 Å². The molecule has 1 nitrogen and oxygen atoms in total. The van der Waals surface area contributed by atoms with E-state index in [-0.39, 0.29) is 11.6 Å². The molecule has 0 aliphatic rings. The summed E-state index contributed by atoms with van der Waals surface area (Å²) in [6.45, 7) is 1.82. The number of rotatable bonds is 4. The van der Waals surface area contributed by atoms with E-state index in [1.54, 1.807) is 6.07 Å². The molecule has 0 saturated heterocycles. The number of ketones is 1. The summed E-state index contributed by atoms with van der Waals surface area (Å²) in [6.07, 6.45) is 0.756. The lowest BCUT2D eigenvalue weighted by molar-refractivity contribution is -0.117. The van der Waals surface area contributed by atoms with E-state index in [0.717, 1.165) is 21.2 Å². The zero-order valence-corrected chi connectivity index (χ0v) is 12.2. The third-order valence-corrected chi connectivity index (χ3v) is 3.54. The molecule has 0 radical (unpaired) electrons. The average Bonchev–Trinajstić information content (AvgIpc) is 2.36. The fourth-order valence-electron chi connectivity index (χ4n) is 1.96. The number of Topliss-reactive ketones (excluding diaryl/α,β-unsaturated/α-hetero) is 1. The Bertz CT molecular complexity index is 590. The largest absolute Gasteiger partial charge is 0.299 e. The van der Waals surface area contributed by atoms with Gasteiger partial charge in [0.05, 0.1) is 0 Å². The predicted molar refractivity (Wildman–Crippen MR) is 77.7 cm³/mol. The van der Waals surface area contributed by atoms with Crippen LogP contribution >= 0.6 is 15.9 Å². The monoisotopic (exact) mass is 320 g/mol. The molecule has 2 aromatic carbocycles. The van der Waals surface area contributed by atoms with Crippen LogP contribution in [-0.4, -0.2) is 5.78 Å². The second-order valence-electron chi connectivity index (χ2n) is 4.59. The van der Waals surface area contributed by atoms with Crippen LogP contribution in [-0.2, 0) is 17.6 Å². The van der Waals surface area contributed by atoms with Crippen LogP contribution in [0.5, 0.6) is 0 Å². The Morgan fingerprint density at radius 3 is 2.42 bits per heavy atom. The van der Waals surface area contributed by atoms with E-state index in [2.05, 4.69) is 15.9 Å². The van der Waals surface area contributed by atoms with Crippen molar-refractivity contribution in [3.8, 4) is 0 Å². The van der Waals surface area contributed by atoms with Crippen LogP contribution < -0.4 is 0 Å². The quantitative estimate of drug-likeness (QED) is 0.823. The molecule has 0 aromatic heterocycles. The van der Waals surface area contributed by atoms with Crippen molar-refractivity contribution < 1.29 is 9.18 Å². The molecule has 0 unspecified atom stereocenters. The number of carbonyl (C=O) groups excluding carboxylic acids is 1. The zero-order valence-electron chi connectivity index (χ0n) is 10.6. The molecular weight excluding hydrogens is 307 g/mol. The molecule has 0 amide bonds. The molecule has 0 atom stereocenters. The van der Waals surface area contributed by atoms with Crippen LogP contribution in [0.15, 0.2) is 46.9 Å². The summed E-state index contributed by atoms with van der Waals surface area (Å²) in [6, 6.07) is 12.2. The zero-order chi connectivity index (χ0) is 13.8. The van der Waals surface area contributed by atoms with Crippen molar-refractivity contribution in [3.63, 3.8) is 0 Å². The fourth-order valence-corrected chi connectivity index (χ4v) is 2.23. The van der Waals surface area contributed by atoms with Gasteiger partial charge >= 0.3 is 0 Å². The molecule has 0 aliphatic carbocycles. The number of hydrogen-bond donors (Lipinski definition) is 0. The van der Waals surface area contributed by atoms with Crippen LogP contribution in [0.4, 0.5) is 4.39 Å². The summed E-state index contributed by atoms with van der Waals surface area (Å²) in [5.74, 6) is -0.126. The highest BCUT2D eigenvalue weighted by Crippen LogP contribution is 2.14. The van der Waals surface area contributed by atoms with Crippen molar-refractivity contribution in [1.82, 2.24) is 0 Å². The van der Waals surface area contributed by atoms with Crippen LogP contribution in [0.2, 0.25) is 0 Å². The van der Waals surface area contributed by atoms with Gasteiger partial charge < -0.3 is 0 Å². The summed E-state index contributed by atoms with van der Waals surface area (Å²) in [5, 5.41) is 0. The van der Waals surface area contributed by atoms with Gasteiger partial charge in [-0.25, -0.2) is 4.39 Å². The topological polar surface area (TPSA) is 17.1 Å². The minimum Gasteiger partial charge on any atom is -0.299 e. The lowest BCUT2D eigenvalue weighted by atomic mass is 9.99. The molecule has 0 heterocycles. The number of halogens is 2. The number of carbonyl (C=O) groups is 1. The molecule has 0 aliphatic heterocycles. The van der Waals surface area contributed by atoms with Crippen molar-refractivity contribution in [2.45, 2.75) is 19.8 Å². The summed E-state index contributed by atoms with van der Waals surface area (Å²) in [4.78, 5) is 12.0. The normalized spacial score (nSPS) is 10.5. The Morgan fingerprint density at radius 1 is 1.11 bits per heavy atom. The smallest absolute Gasteiger partial charge is 0.141 e. The van der Waals surface area contributed by atoms with Crippen LogP contribution in [0.1, 0.15) is 16.7 Å². The maximum Gasteiger partial charge on any atom is 0.141 e. The summed E-state index contributed by atoms with van der Waals surface area (Å²) in [5.41, 5.74) is 2.71. The highest BCUT2D eigenvalue weighted by atomic mass is 79.9. The Morgan fingerprint density at radius 2 is 1.79 bits per heavy atom. The van der Waals surface area contributed by atoms with E-state index in [0.29, 0.717) is 12.8 Å². The van der Waals surface area contributed by atoms with Gasteiger partial charge in [0.25, 0.3) is 0 Å². The Kier molecular flexibility index (Phi) is 4.48. The van der Waals surface area contributed by atoms with Crippen molar-refractivity contribution in [2.75, 3.05) is 0 Å². The van der Waals surface area contributed by atoms with E-state index in [1.807, 2.05) is 31.2 Å². The number of hydrogen-bond acceptors (Lipinski definition) is 1. The third-order valence-electron chi connectivity index (χ3n) is 3.01. The maximum atomic E-state index is 13.0. The molecule has 0 N–H and O–H groups in total. The molecule has 3 heteroatoms. The SMILES string of the molecule is Cc1cc(F)ccc1CC(=O)Cc1ccc(Br)cc1. The first-order valence-corrected chi connectivity index (χ1v) is 6.85. The minimum atomic E-state index is -0.262. The van der Waals surface area contributed by atoms with Crippen molar-refractivity contribution in [1.29, 1.82) is 0 Å². The van der Waals surface area contributed by atoms with Crippen LogP contribution in [0, 0.1) is 12.7 Å². The third kappa shape index (κ3) is 4.00. The molecule has 19 heavy (non-hydrogen) atoms. The van der Waals surface area contributed by atoms with Crippen molar-refractivity contribution in [2.24, 2.45) is 0 Å². The van der Waals surface area contributed by atoms with Crippen molar-refractivity contribution in [3.05, 3.63) is 69.4 Å². The van der Waals surface area contributed by atoms with Gasteiger partial charge in [-0.15, -0.1) is 0 Å². The van der Waals surface area contributed by atoms with Gasteiger partial charge in [0, 0.05) is 17.3 Å². The first-order chi connectivity index (χ1) is 9.04. The molecular formula is C16H14BrFO. The van der Waals surface area contributed by atoms with E-state index in [4.69, 9.17) is 0 Å². The minimum absolute atomic E-state index is 0.136. The fraction of sp³-hybridized carbons (Fsp3) is 0.188. The number of benzene rings is 2.